The summed E-state index contributed by atoms with van der Waals surface area (Å²) in [5.74, 6) is -0.535. The van der Waals surface area contributed by atoms with Gasteiger partial charge in [0.1, 0.15) is 17.6 Å². The zero-order valence-corrected chi connectivity index (χ0v) is 15.5. The zero-order chi connectivity index (χ0) is 19.6. The largest absolute Gasteiger partial charge is 0.453 e. The lowest BCUT2D eigenvalue weighted by atomic mass is 10.1. The van der Waals surface area contributed by atoms with Crippen LogP contribution in [0.3, 0.4) is 0 Å². The smallest absolute Gasteiger partial charge is 0.262 e. The molecule has 1 aliphatic rings. The summed E-state index contributed by atoms with van der Waals surface area (Å²) in [7, 11) is 0. The number of rotatable bonds is 4. The first-order chi connectivity index (χ1) is 12.9. The molecule has 0 aliphatic carbocycles. The average Bonchev–Trinajstić information content (AvgIpc) is 2.63. The lowest BCUT2D eigenvalue weighted by molar-refractivity contribution is -0.122. The Hall–Kier alpha value is -2.82. The Balaban J connectivity index is 1.90. The monoisotopic (exact) mass is 406 g/mol. The maximum absolute atomic E-state index is 15.0. The Labute approximate surface area is 164 Å². The van der Waals surface area contributed by atoms with Crippen LogP contribution in [0.4, 0.5) is 4.39 Å². The molecule has 1 aliphatic heterocycles. The molecule has 1 amide bonds. The van der Waals surface area contributed by atoms with Crippen molar-refractivity contribution < 1.29 is 13.9 Å². The van der Waals surface area contributed by atoms with Gasteiger partial charge in [0.25, 0.3) is 5.91 Å². The summed E-state index contributed by atoms with van der Waals surface area (Å²) in [5, 5.41) is 9.36. The first-order valence-corrected chi connectivity index (χ1v) is 8.61. The summed E-state index contributed by atoms with van der Waals surface area (Å²) in [5.41, 5.74) is 5.64. The maximum Gasteiger partial charge on any atom is 0.262 e. The zero-order valence-electron chi connectivity index (χ0n) is 14.0. The SMILES string of the molecule is C[C@@H]1N=C(Cc2ccc(Cl)c(Oc3cc(Cl)cc(C#N)c3)c2F)NNC1=O. The number of ether oxygens (including phenoxy) is 1. The van der Waals surface area contributed by atoms with E-state index in [1.54, 1.807) is 6.92 Å². The number of carbonyl (C=O) groups excluding carboxylic acids is 1. The highest BCUT2D eigenvalue weighted by Gasteiger charge is 2.21. The van der Waals surface area contributed by atoms with E-state index in [9.17, 15) is 9.18 Å². The first-order valence-electron chi connectivity index (χ1n) is 7.85. The van der Waals surface area contributed by atoms with Crippen molar-refractivity contribution in [2.75, 3.05) is 0 Å². The number of hydrogen-bond donors (Lipinski definition) is 2. The highest BCUT2D eigenvalue weighted by atomic mass is 35.5. The molecule has 138 valence electrons. The molecule has 2 aromatic rings. The minimum atomic E-state index is -0.671. The molecule has 1 atom stereocenters. The molecule has 0 fully saturated rings. The van der Waals surface area contributed by atoms with Crippen LogP contribution in [0.15, 0.2) is 35.3 Å². The second-order valence-corrected chi connectivity index (χ2v) is 6.63. The standard InChI is InChI=1S/C18H13Cl2FN4O2/c1-9-18(26)25-24-15(23-9)6-11-2-3-14(20)17(16(11)21)27-13-5-10(8-22)4-12(19)7-13/h2-5,7,9H,6H2,1H3,(H,23,24)(H,25,26)/t9-/m0/s1. The number of carbonyl (C=O) groups is 1. The number of benzene rings is 2. The number of amides is 1. The number of nitrogens with zero attached hydrogens (tertiary/aromatic N) is 2. The van der Waals surface area contributed by atoms with E-state index in [0.717, 1.165) is 0 Å². The summed E-state index contributed by atoms with van der Waals surface area (Å²) < 4.78 is 20.5. The molecule has 9 heteroatoms. The first kappa shape index (κ1) is 19.0. The lowest BCUT2D eigenvalue weighted by Gasteiger charge is -2.20. The fourth-order valence-corrected chi connectivity index (χ4v) is 2.85. The predicted octanol–water partition coefficient (Wildman–Crippen LogP) is 3.76. The molecule has 1 heterocycles. The van der Waals surface area contributed by atoms with Crippen molar-refractivity contribution in [1.82, 2.24) is 10.9 Å². The second-order valence-electron chi connectivity index (χ2n) is 5.78. The number of aliphatic imine (C=N–C) groups is 1. The molecule has 2 aromatic carbocycles. The predicted molar refractivity (Wildman–Crippen MR) is 99.5 cm³/mol. The Kier molecular flexibility index (Phi) is 5.49. The van der Waals surface area contributed by atoms with Gasteiger partial charge >= 0.3 is 0 Å². The van der Waals surface area contributed by atoms with Gasteiger partial charge in [-0.25, -0.2) is 4.39 Å². The van der Waals surface area contributed by atoms with Crippen LogP contribution in [0.1, 0.15) is 18.1 Å². The van der Waals surface area contributed by atoms with Crippen molar-refractivity contribution in [1.29, 1.82) is 5.26 Å². The van der Waals surface area contributed by atoms with E-state index in [2.05, 4.69) is 15.8 Å². The molecular weight excluding hydrogens is 394 g/mol. The van der Waals surface area contributed by atoms with E-state index in [0.29, 0.717) is 5.84 Å². The van der Waals surface area contributed by atoms with Gasteiger partial charge in [-0.2, -0.15) is 5.26 Å². The maximum atomic E-state index is 15.0. The minimum absolute atomic E-state index is 0.0648. The number of nitrogens with one attached hydrogen (secondary N) is 2. The number of amidine groups is 1. The normalized spacial score (nSPS) is 16.0. The Morgan fingerprint density at radius 1 is 1.30 bits per heavy atom. The van der Waals surface area contributed by atoms with E-state index >= 15 is 0 Å². The van der Waals surface area contributed by atoms with Crippen LogP contribution in [0.2, 0.25) is 10.0 Å². The third kappa shape index (κ3) is 4.30. The van der Waals surface area contributed by atoms with E-state index < -0.39 is 11.9 Å². The van der Waals surface area contributed by atoms with Crippen molar-refractivity contribution in [2.24, 2.45) is 4.99 Å². The van der Waals surface area contributed by atoms with Crippen LogP contribution in [-0.4, -0.2) is 17.8 Å². The molecule has 0 aromatic heterocycles. The van der Waals surface area contributed by atoms with E-state index in [-0.39, 0.29) is 45.0 Å². The number of hydrazine groups is 1. The molecule has 6 nitrogen and oxygen atoms in total. The fourth-order valence-electron chi connectivity index (χ4n) is 2.44. The summed E-state index contributed by atoms with van der Waals surface area (Å²) in [6.45, 7) is 1.63. The quantitative estimate of drug-likeness (QED) is 0.808. The van der Waals surface area contributed by atoms with Crippen LogP contribution in [0.5, 0.6) is 11.5 Å². The molecule has 0 saturated heterocycles. The van der Waals surface area contributed by atoms with Crippen LogP contribution in [0, 0.1) is 17.1 Å². The molecular formula is C18H13Cl2FN4O2. The number of halogens is 3. The van der Waals surface area contributed by atoms with Gasteiger partial charge in [-0.1, -0.05) is 29.3 Å². The third-order valence-electron chi connectivity index (χ3n) is 3.77. The van der Waals surface area contributed by atoms with E-state index in [4.69, 9.17) is 33.2 Å². The Morgan fingerprint density at radius 3 is 2.78 bits per heavy atom. The molecule has 0 saturated carbocycles. The summed E-state index contributed by atoms with van der Waals surface area (Å²) in [4.78, 5) is 15.6. The van der Waals surface area contributed by atoms with Crippen LogP contribution in [-0.2, 0) is 11.2 Å². The number of hydrogen-bond acceptors (Lipinski definition) is 5. The van der Waals surface area contributed by atoms with Crippen LogP contribution in [0.25, 0.3) is 0 Å². The van der Waals surface area contributed by atoms with Gasteiger partial charge in [0, 0.05) is 11.4 Å². The highest BCUT2D eigenvalue weighted by Crippen LogP contribution is 2.35. The van der Waals surface area contributed by atoms with Gasteiger partial charge in [-0.3, -0.25) is 20.6 Å². The number of nitriles is 1. The molecule has 0 radical (unpaired) electrons. The Bertz CT molecular complexity index is 988. The van der Waals surface area contributed by atoms with Gasteiger partial charge in [-0.05, 0) is 36.8 Å². The van der Waals surface area contributed by atoms with Gasteiger partial charge < -0.3 is 4.74 Å². The summed E-state index contributed by atoms with van der Waals surface area (Å²) in [6.07, 6.45) is 0.100. The molecule has 0 bridgehead atoms. The Morgan fingerprint density at radius 2 is 2.07 bits per heavy atom. The lowest BCUT2D eigenvalue weighted by Crippen LogP contribution is -2.50. The van der Waals surface area contributed by atoms with Gasteiger partial charge in [0.15, 0.2) is 11.6 Å². The van der Waals surface area contributed by atoms with Crippen LogP contribution >= 0.6 is 23.2 Å². The molecule has 0 unspecified atom stereocenters. The fraction of sp³-hybridized carbons (Fsp3) is 0.167. The highest BCUT2D eigenvalue weighted by molar-refractivity contribution is 6.32. The van der Waals surface area contributed by atoms with Crippen molar-refractivity contribution in [3.8, 4) is 17.6 Å². The van der Waals surface area contributed by atoms with Gasteiger partial charge in [0.2, 0.25) is 0 Å². The van der Waals surface area contributed by atoms with Crippen molar-refractivity contribution in [3.63, 3.8) is 0 Å². The molecule has 27 heavy (non-hydrogen) atoms. The summed E-state index contributed by atoms with van der Waals surface area (Å²) in [6, 6.07) is 8.73. The average molecular weight is 407 g/mol. The van der Waals surface area contributed by atoms with Gasteiger partial charge in [-0.15, -0.1) is 0 Å². The van der Waals surface area contributed by atoms with Crippen molar-refractivity contribution >= 4 is 34.9 Å². The van der Waals surface area contributed by atoms with Gasteiger partial charge in [0.05, 0.1) is 16.7 Å². The topological polar surface area (TPSA) is 86.5 Å². The van der Waals surface area contributed by atoms with Crippen molar-refractivity contribution in [2.45, 2.75) is 19.4 Å². The van der Waals surface area contributed by atoms with Crippen molar-refractivity contribution in [3.05, 3.63) is 57.3 Å². The molecule has 2 N–H and O–H groups in total. The molecule has 0 spiro atoms. The van der Waals surface area contributed by atoms with E-state index in [1.165, 1.54) is 30.3 Å². The summed E-state index contributed by atoms with van der Waals surface area (Å²) >= 11 is 12.0. The van der Waals surface area contributed by atoms with Crippen LogP contribution < -0.4 is 15.6 Å². The third-order valence-corrected chi connectivity index (χ3v) is 4.28. The minimum Gasteiger partial charge on any atom is -0.453 e. The van der Waals surface area contributed by atoms with E-state index in [1.807, 2.05) is 6.07 Å². The molecule has 3 rings (SSSR count). The second kappa shape index (κ2) is 7.82.